The maximum absolute atomic E-state index is 12.0. The number of likely N-dealkylation sites (tertiary alicyclic amines) is 1. The van der Waals surface area contributed by atoms with Crippen LogP contribution in [0.4, 0.5) is 5.69 Å². The third-order valence-electron chi connectivity index (χ3n) is 3.37. The molecule has 2 amide bonds. The molecule has 1 aromatic rings. The summed E-state index contributed by atoms with van der Waals surface area (Å²) in [7, 11) is 1.55. The predicted molar refractivity (Wildman–Crippen MR) is 71.4 cm³/mol. The van der Waals surface area contributed by atoms with Crippen molar-refractivity contribution < 1.29 is 14.3 Å². The van der Waals surface area contributed by atoms with Gasteiger partial charge >= 0.3 is 0 Å². The molecule has 1 fully saturated rings. The summed E-state index contributed by atoms with van der Waals surface area (Å²) in [4.78, 5) is 25.3. The Kier molecular flexibility index (Phi) is 4.16. The molecule has 1 aliphatic rings. The molecule has 0 bridgehead atoms. The van der Waals surface area contributed by atoms with Crippen molar-refractivity contribution in [3.63, 3.8) is 0 Å². The molecule has 0 radical (unpaired) electrons. The first-order valence-corrected chi connectivity index (χ1v) is 6.29. The fourth-order valence-electron chi connectivity index (χ4n) is 2.29. The Labute approximate surface area is 112 Å². The fraction of sp³-hybridized carbons (Fsp3) is 0.429. The fourth-order valence-corrected chi connectivity index (χ4v) is 2.29. The van der Waals surface area contributed by atoms with Crippen LogP contribution in [0.5, 0.6) is 0 Å². The lowest BCUT2D eigenvalue weighted by Gasteiger charge is -2.30. The molecule has 5 nitrogen and oxygen atoms in total. The maximum Gasteiger partial charge on any atom is 0.229 e. The zero-order valence-corrected chi connectivity index (χ0v) is 11.0. The van der Waals surface area contributed by atoms with Gasteiger partial charge in [0.05, 0.1) is 13.2 Å². The van der Waals surface area contributed by atoms with E-state index in [4.69, 9.17) is 10.5 Å². The van der Waals surface area contributed by atoms with Gasteiger partial charge in [-0.25, -0.2) is 0 Å². The summed E-state index contributed by atoms with van der Waals surface area (Å²) in [6, 6.07) is 7.35. The van der Waals surface area contributed by atoms with Crippen molar-refractivity contribution in [1.82, 2.24) is 4.90 Å². The van der Waals surface area contributed by atoms with Gasteiger partial charge < -0.3 is 10.5 Å². The molecule has 0 atom stereocenters. The monoisotopic (exact) mass is 262 g/mol. The van der Waals surface area contributed by atoms with E-state index >= 15 is 0 Å². The molecule has 5 heteroatoms. The lowest BCUT2D eigenvalue weighted by atomic mass is 9.88. The normalized spacial score (nSPS) is 17.0. The number of ether oxygens (including phenoxy) is 1. The molecular weight excluding hydrogens is 244 g/mol. The number of nitrogens with two attached hydrogens (primary N) is 1. The molecule has 0 unspecified atom stereocenters. The van der Waals surface area contributed by atoms with E-state index in [-0.39, 0.29) is 17.7 Å². The standard InChI is InChI=1S/C14H18N2O3/c1-19-7-6-16-13(17)8-11(9-14(16)18)10-2-4-12(15)5-3-10/h2-5,11H,6-9,15H2,1H3. The number of hydrogen-bond acceptors (Lipinski definition) is 4. The van der Waals surface area contributed by atoms with Gasteiger partial charge in [-0.15, -0.1) is 0 Å². The number of rotatable bonds is 4. The van der Waals surface area contributed by atoms with Gasteiger partial charge in [0.2, 0.25) is 11.8 Å². The van der Waals surface area contributed by atoms with E-state index in [1.165, 1.54) is 4.90 Å². The average Bonchev–Trinajstić information content (AvgIpc) is 2.38. The van der Waals surface area contributed by atoms with Crippen molar-refractivity contribution in [2.75, 3.05) is 26.0 Å². The van der Waals surface area contributed by atoms with Crippen LogP contribution in [-0.2, 0) is 14.3 Å². The molecule has 1 saturated heterocycles. The Hall–Kier alpha value is -1.88. The van der Waals surface area contributed by atoms with Crippen LogP contribution in [0.15, 0.2) is 24.3 Å². The molecule has 0 spiro atoms. The van der Waals surface area contributed by atoms with Crippen molar-refractivity contribution in [3.05, 3.63) is 29.8 Å². The molecule has 0 aliphatic carbocycles. The molecule has 0 saturated carbocycles. The number of anilines is 1. The predicted octanol–water partition coefficient (Wildman–Crippen LogP) is 1.15. The smallest absolute Gasteiger partial charge is 0.229 e. The summed E-state index contributed by atoms with van der Waals surface area (Å²) in [6.45, 7) is 0.715. The zero-order chi connectivity index (χ0) is 13.8. The number of carbonyl (C=O) groups excluding carboxylic acids is 2. The van der Waals surface area contributed by atoms with E-state index < -0.39 is 0 Å². The Morgan fingerprint density at radius 2 is 1.79 bits per heavy atom. The van der Waals surface area contributed by atoms with Crippen molar-refractivity contribution in [3.8, 4) is 0 Å². The largest absolute Gasteiger partial charge is 0.399 e. The highest BCUT2D eigenvalue weighted by molar-refractivity contribution is 5.98. The maximum atomic E-state index is 12.0. The minimum absolute atomic E-state index is 0.0422. The molecule has 1 aromatic carbocycles. The Morgan fingerprint density at radius 1 is 1.21 bits per heavy atom. The zero-order valence-electron chi connectivity index (χ0n) is 11.0. The number of carbonyl (C=O) groups is 2. The SMILES string of the molecule is COCCN1C(=O)CC(c2ccc(N)cc2)CC1=O. The molecular formula is C14H18N2O3. The van der Waals surface area contributed by atoms with Gasteiger partial charge in [0.15, 0.2) is 0 Å². The third-order valence-corrected chi connectivity index (χ3v) is 3.37. The first kappa shape index (κ1) is 13.5. The van der Waals surface area contributed by atoms with Gasteiger partial charge in [0.25, 0.3) is 0 Å². The number of imide groups is 1. The number of nitrogens with zero attached hydrogens (tertiary/aromatic N) is 1. The lowest BCUT2D eigenvalue weighted by molar-refractivity contribution is -0.149. The number of nitrogen functional groups attached to an aromatic ring is 1. The molecule has 0 aromatic heterocycles. The number of methoxy groups -OCH3 is 1. The molecule has 2 N–H and O–H groups in total. The van der Waals surface area contributed by atoms with Crippen LogP contribution in [0.2, 0.25) is 0 Å². The summed E-state index contributed by atoms with van der Waals surface area (Å²) in [5, 5.41) is 0. The summed E-state index contributed by atoms with van der Waals surface area (Å²) in [5.74, 6) is -0.301. The molecule has 1 aliphatic heterocycles. The van der Waals surface area contributed by atoms with E-state index in [1.54, 1.807) is 19.2 Å². The van der Waals surface area contributed by atoms with Crippen molar-refractivity contribution >= 4 is 17.5 Å². The number of amides is 2. The second kappa shape index (κ2) is 5.84. The van der Waals surface area contributed by atoms with Crippen LogP contribution in [0, 0.1) is 0 Å². The van der Waals surface area contributed by atoms with Crippen LogP contribution < -0.4 is 5.73 Å². The quantitative estimate of drug-likeness (QED) is 0.652. The van der Waals surface area contributed by atoms with E-state index in [1.807, 2.05) is 12.1 Å². The van der Waals surface area contributed by atoms with E-state index in [9.17, 15) is 9.59 Å². The highest BCUT2D eigenvalue weighted by Crippen LogP contribution is 2.29. The van der Waals surface area contributed by atoms with Crippen LogP contribution >= 0.6 is 0 Å². The van der Waals surface area contributed by atoms with E-state index in [0.717, 1.165) is 5.56 Å². The van der Waals surface area contributed by atoms with Gasteiger partial charge in [-0.05, 0) is 17.7 Å². The summed E-state index contributed by atoms with van der Waals surface area (Å²) < 4.78 is 4.91. The van der Waals surface area contributed by atoms with Crippen LogP contribution in [0.3, 0.4) is 0 Å². The number of hydrogen-bond donors (Lipinski definition) is 1. The Morgan fingerprint density at radius 3 is 2.32 bits per heavy atom. The third kappa shape index (κ3) is 3.12. The average molecular weight is 262 g/mol. The van der Waals surface area contributed by atoms with Crippen LogP contribution in [-0.4, -0.2) is 37.0 Å². The highest BCUT2D eigenvalue weighted by Gasteiger charge is 2.32. The van der Waals surface area contributed by atoms with E-state index in [2.05, 4.69) is 0 Å². The Bertz CT molecular complexity index is 452. The van der Waals surface area contributed by atoms with Gasteiger partial charge in [0, 0.05) is 31.6 Å². The molecule has 1 heterocycles. The van der Waals surface area contributed by atoms with Gasteiger partial charge in [-0.1, -0.05) is 12.1 Å². The molecule has 2 rings (SSSR count). The summed E-state index contributed by atoms with van der Waals surface area (Å²) in [6.07, 6.45) is 0.721. The first-order valence-electron chi connectivity index (χ1n) is 6.29. The summed E-state index contributed by atoms with van der Waals surface area (Å²) >= 11 is 0. The van der Waals surface area contributed by atoms with Crippen molar-refractivity contribution in [1.29, 1.82) is 0 Å². The second-order valence-electron chi connectivity index (χ2n) is 4.70. The van der Waals surface area contributed by atoms with Crippen LogP contribution in [0.25, 0.3) is 0 Å². The number of benzene rings is 1. The van der Waals surface area contributed by atoms with Crippen molar-refractivity contribution in [2.24, 2.45) is 0 Å². The highest BCUT2D eigenvalue weighted by atomic mass is 16.5. The first-order chi connectivity index (χ1) is 9.11. The second-order valence-corrected chi connectivity index (χ2v) is 4.70. The van der Waals surface area contributed by atoms with Gasteiger partial charge in [-0.2, -0.15) is 0 Å². The van der Waals surface area contributed by atoms with Crippen molar-refractivity contribution in [2.45, 2.75) is 18.8 Å². The minimum atomic E-state index is -0.130. The van der Waals surface area contributed by atoms with E-state index in [0.29, 0.717) is 31.7 Å². The lowest BCUT2D eigenvalue weighted by Crippen LogP contribution is -2.44. The van der Waals surface area contributed by atoms with Gasteiger partial charge in [-0.3, -0.25) is 14.5 Å². The molecule has 102 valence electrons. The van der Waals surface area contributed by atoms with Gasteiger partial charge in [0.1, 0.15) is 0 Å². The number of piperidine rings is 1. The van der Waals surface area contributed by atoms with Crippen LogP contribution in [0.1, 0.15) is 24.3 Å². The Balaban J connectivity index is 2.06. The topological polar surface area (TPSA) is 72.6 Å². The summed E-state index contributed by atoms with van der Waals surface area (Å²) in [5.41, 5.74) is 7.30. The minimum Gasteiger partial charge on any atom is -0.399 e. The molecule has 19 heavy (non-hydrogen) atoms.